The van der Waals surface area contributed by atoms with Crippen molar-refractivity contribution in [3.63, 3.8) is 0 Å². The van der Waals surface area contributed by atoms with Gasteiger partial charge in [0.05, 0.1) is 26.9 Å². The van der Waals surface area contributed by atoms with E-state index in [0.29, 0.717) is 70.1 Å². The Bertz CT molecular complexity index is 849. The van der Waals surface area contributed by atoms with Gasteiger partial charge in [0, 0.05) is 38.5 Å². The van der Waals surface area contributed by atoms with Gasteiger partial charge >= 0.3 is 20.9 Å². The second-order valence-electron chi connectivity index (χ2n) is 8.82. The number of amides is 1. The Morgan fingerprint density at radius 1 is 0.825 bits per heavy atom. The summed E-state index contributed by atoms with van der Waals surface area (Å²) in [7, 11) is -1.10. The SMILES string of the molecule is CCCOc1ccc(/C=C/C(=O)OCCCCCCOC(=O)NCCC[Si](OCC)(OCC)OCC)cc1OC. The fourth-order valence-electron chi connectivity index (χ4n) is 3.77. The summed E-state index contributed by atoms with van der Waals surface area (Å²) in [6.45, 7) is 11.2. The lowest BCUT2D eigenvalue weighted by Crippen LogP contribution is -2.46. The minimum atomic E-state index is -2.69. The molecule has 1 rings (SSSR count). The van der Waals surface area contributed by atoms with Crippen molar-refractivity contribution < 1.29 is 41.8 Å². The fourth-order valence-corrected chi connectivity index (χ4v) is 6.39. The van der Waals surface area contributed by atoms with Crippen LogP contribution in [-0.2, 0) is 27.5 Å². The number of alkyl carbamates (subject to hydrolysis) is 1. The van der Waals surface area contributed by atoms with E-state index in [0.717, 1.165) is 37.7 Å². The number of benzene rings is 1. The predicted molar refractivity (Wildman–Crippen MR) is 157 cm³/mol. The van der Waals surface area contributed by atoms with Crippen molar-refractivity contribution >= 4 is 26.9 Å². The molecule has 1 aromatic rings. The van der Waals surface area contributed by atoms with Crippen LogP contribution in [0.15, 0.2) is 24.3 Å². The van der Waals surface area contributed by atoms with E-state index < -0.39 is 20.9 Å². The molecule has 0 heterocycles. The zero-order chi connectivity index (χ0) is 29.5. The third-order valence-electron chi connectivity index (χ3n) is 5.60. The molecule has 1 amide bonds. The van der Waals surface area contributed by atoms with Gasteiger partial charge in [-0.05, 0) is 83.1 Å². The third kappa shape index (κ3) is 15.3. The average molecular weight is 584 g/mol. The molecule has 10 nitrogen and oxygen atoms in total. The quantitative estimate of drug-likeness (QED) is 0.0743. The van der Waals surface area contributed by atoms with Crippen molar-refractivity contribution in [2.24, 2.45) is 0 Å². The van der Waals surface area contributed by atoms with Crippen LogP contribution in [0.4, 0.5) is 4.79 Å². The van der Waals surface area contributed by atoms with Crippen molar-refractivity contribution in [3.8, 4) is 11.5 Å². The van der Waals surface area contributed by atoms with Crippen molar-refractivity contribution in [2.75, 3.05) is 53.3 Å². The van der Waals surface area contributed by atoms with Gasteiger partial charge in [0.1, 0.15) is 0 Å². The molecule has 0 bridgehead atoms. The number of methoxy groups -OCH3 is 1. The monoisotopic (exact) mass is 583 g/mol. The largest absolute Gasteiger partial charge is 0.500 e. The number of unbranched alkanes of at least 4 members (excludes halogenated alkanes) is 3. The second-order valence-corrected chi connectivity index (χ2v) is 11.6. The maximum Gasteiger partial charge on any atom is 0.500 e. The number of carbonyl (C=O) groups excluding carboxylic acids is 2. The van der Waals surface area contributed by atoms with Gasteiger partial charge in [-0.15, -0.1) is 0 Å². The number of nitrogens with one attached hydrogen (secondary N) is 1. The van der Waals surface area contributed by atoms with E-state index >= 15 is 0 Å². The molecule has 0 aliphatic heterocycles. The van der Waals surface area contributed by atoms with Crippen LogP contribution in [0.1, 0.15) is 71.8 Å². The number of hydrogen-bond donors (Lipinski definition) is 1. The molecule has 0 aliphatic rings. The first-order valence-electron chi connectivity index (χ1n) is 14.4. The highest BCUT2D eigenvalue weighted by atomic mass is 28.4. The average Bonchev–Trinajstić information content (AvgIpc) is 2.95. The lowest BCUT2D eigenvalue weighted by atomic mass is 10.2. The Kier molecular flexibility index (Phi) is 19.6. The number of esters is 1. The van der Waals surface area contributed by atoms with Gasteiger partial charge in [0.25, 0.3) is 0 Å². The van der Waals surface area contributed by atoms with Crippen molar-refractivity contribution in [1.82, 2.24) is 5.32 Å². The predicted octanol–water partition coefficient (Wildman–Crippen LogP) is 5.77. The molecule has 1 aromatic carbocycles. The Balaban J connectivity index is 2.15. The molecule has 0 aliphatic carbocycles. The van der Waals surface area contributed by atoms with Gasteiger partial charge in [-0.25, -0.2) is 9.59 Å². The highest BCUT2D eigenvalue weighted by Gasteiger charge is 2.39. The molecule has 0 saturated heterocycles. The number of rotatable bonds is 23. The van der Waals surface area contributed by atoms with Gasteiger partial charge in [-0.2, -0.15) is 0 Å². The van der Waals surface area contributed by atoms with Crippen molar-refractivity contribution in [2.45, 2.75) is 72.3 Å². The van der Waals surface area contributed by atoms with Crippen LogP contribution in [0.5, 0.6) is 11.5 Å². The van der Waals surface area contributed by atoms with Crippen LogP contribution < -0.4 is 14.8 Å². The van der Waals surface area contributed by atoms with E-state index in [2.05, 4.69) is 5.32 Å². The lowest BCUT2D eigenvalue weighted by molar-refractivity contribution is -0.137. The molecule has 228 valence electrons. The Labute approximate surface area is 241 Å². The fraction of sp³-hybridized carbons (Fsp3) is 0.655. The van der Waals surface area contributed by atoms with Crippen LogP contribution in [-0.4, -0.2) is 74.2 Å². The Hall–Kier alpha value is -2.60. The smallest absolute Gasteiger partial charge is 0.493 e. The van der Waals surface area contributed by atoms with E-state index in [9.17, 15) is 9.59 Å². The van der Waals surface area contributed by atoms with E-state index in [4.69, 9.17) is 32.2 Å². The minimum Gasteiger partial charge on any atom is -0.493 e. The summed E-state index contributed by atoms with van der Waals surface area (Å²) in [5, 5.41) is 2.76. The summed E-state index contributed by atoms with van der Waals surface area (Å²) in [6, 6.07) is 6.14. The first-order valence-corrected chi connectivity index (χ1v) is 16.3. The zero-order valence-electron chi connectivity index (χ0n) is 25.0. The standard InChI is InChI=1S/C29H49NO9Si/c1-6-20-34-26-17-15-25(24-27(26)33-5)16-18-28(31)35-21-12-10-11-13-22-36-29(32)30-19-14-23-40(37-7-2,38-8-3)39-9-4/h15-18,24H,6-14,19-23H2,1-5H3,(H,30,32)/b18-16+. The van der Waals surface area contributed by atoms with Crippen LogP contribution in [0.25, 0.3) is 6.08 Å². The van der Waals surface area contributed by atoms with Crippen molar-refractivity contribution in [1.29, 1.82) is 0 Å². The summed E-state index contributed by atoms with van der Waals surface area (Å²) < 4.78 is 38.9. The zero-order valence-corrected chi connectivity index (χ0v) is 26.0. The maximum absolute atomic E-state index is 12.0. The highest BCUT2D eigenvalue weighted by Crippen LogP contribution is 2.28. The molecule has 0 aromatic heterocycles. The molecule has 0 saturated carbocycles. The first kappa shape index (κ1) is 35.4. The second kappa shape index (κ2) is 22.1. The molecule has 1 N–H and O–H groups in total. The molecule has 0 fully saturated rings. The highest BCUT2D eigenvalue weighted by molar-refractivity contribution is 6.60. The summed E-state index contributed by atoms with van der Waals surface area (Å²) in [6.07, 6.45) is 7.49. The van der Waals surface area contributed by atoms with Crippen LogP contribution in [0, 0.1) is 0 Å². The summed E-state index contributed by atoms with van der Waals surface area (Å²) in [4.78, 5) is 23.9. The molecule has 0 spiro atoms. The number of ether oxygens (including phenoxy) is 4. The molecule has 0 atom stereocenters. The minimum absolute atomic E-state index is 0.341. The van der Waals surface area contributed by atoms with E-state index in [1.807, 2.05) is 45.9 Å². The molecule has 0 radical (unpaired) electrons. The molecule has 11 heteroatoms. The molecule has 40 heavy (non-hydrogen) atoms. The molecular formula is C29H49NO9Si. The molecule has 0 unspecified atom stereocenters. The lowest BCUT2D eigenvalue weighted by Gasteiger charge is -2.28. The normalized spacial score (nSPS) is 11.4. The van der Waals surface area contributed by atoms with Gasteiger partial charge in [-0.3, -0.25) is 0 Å². The van der Waals surface area contributed by atoms with Crippen LogP contribution >= 0.6 is 0 Å². The summed E-state index contributed by atoms with van der Waals surface area (Å²) in [5.41, 5.74) is 0.818. The van der Waals surface area contributed by atoms with E-state index in [1.54, 1.807) is 13.2 Å². The Morgan fingerprint density at radius 3 is 2.08 bits per heavy atom. The van der Waals surface area contributed by atoms with Gasteiger partial charge in [-0.1, -0.05) is 13.0 Å². The van der Waals surface area contributed by atoms with E-state index in [1.165, 1.54) is 6.08 Å². The van der Waals surface area contributed by atoms with Gasteiger partial charge in [0.2, 0.25) is 0 Å². The van der Waals surface area contributed by atoms with Crippen LogP contribution in [0.2, 0.25) is 6.04 Å². The topological polar surface area (TPSA) is 111 Å². The number of hydrogen-bond acceptors (Lipinski definition) is 9. The third-order valence-corrected chi connectivity index (χ3v) is 8.75. The Morgan fingerprint density at radius 2 is 1.48 bits per heavy atom. The van der Waals surface area contributed by atoms with E-state index in [-0.39, 0.29) is 0 Å². The summed E-state index contributed by atoms with van der Waals surface area (Å²) in [5.74, 6) is 0.904. The van der Waals surface area contributed by atoms with Gasteiger partial charge in [0.15, 0.2) is 11.5 Å². The van der Waals surface area contributed by atoms with Gasteiger partial charge < -0.3 is 37.5 Å². The number of carbonyl (C=O) groups is 2. The molecular weight excluding hydrogens is 534 g/mol. The summed E-state index contributed by atoms with van der Waals surface area (Å²) >= 11 is 0. The van der Waals surface area contributed by atoms with Crippen molar-refractivity contribution in [3.05, 3.63) is 29.8 Å². The first-order chi connectivity index (χ1) is 19.4. The maximum atomic E-state index is 12.0. The van der Waals surface area contributed by atoms with Crippen LogP contribution in [0.3, 0.4) is 0 Å².